The number of benzene rings is 1. The molecule has 2 heterocycles. The lowest BCUT2D eigenvalue weighted by Gasteiger charge is -2.38. The molecule has 0 radical (unpaired) electrons. The van der Waals surface area contributed by atoms with Crippen LogP contribution in [0.5, 0.6) is 0 Å². The van der Waals surface area contributed by atoms with Crippen LogP contribution in [0.1, 0.15) is 37.3 Å². The molecule has 1 aromatic rings. The highest BCUT2D eigenvalue weighted by Gasteiger charge is 2.26. The van der Waals surface area contributed by atoms with Crippen LogP contribution < -0.4 is 0 Å². The summed E-state index contributed by atoms with van der Waals surface area (Å²) >= 11 is 0. The molecule has 0 N–H and O–H groups in total. The predicted octanol–water partition coefficient (Wildman–Crippen LogP) is 2.51. The van der Waals surface area contributed by atoms with Crippen molar-refractivity contribution >= 4 is 5.91 Å². The van der Waals surface area contributed by atoms with Crippen LogP contribution in [0.25, 0.3) is 0 Å². The molecule has 2 aliphatic rings. The second-order valence-electron chi connectivity index (χ2n) is 7.41. The van der Waals surface area contributed by atoms with Crippen molar-refractivity contribution in [2.24, 2.45) is 0 Å². The zero-order chi connectivity index (χ0) is 16.9. The number of piperazine rings is 1. The quantitative estimate of drug-likeness (QED) is 0.849. The number of hydrogen-bond donors (Lipinski definition) is 0. The third kappa shape index (κ3) is 4.37. The van der Waals surface area contributed by atoms with Gasteiger partial charge in [0.25, 0.3) is 0 Å². The molecule has 0 bridgehead atoms. The Hall–Kier alpha value is -1.39. The highest BCUT2D eigenvalue weighted by Crippen LogP contribution is 2.17. The van der Waals surface area contributed by atoms with Crippen LogP contribution >= 0.6 is 0 Å². The molecule has 1 amide bonds. The Morgan fingerprint density at radius 2 is 1.75 bits per heavy atom. The second kappa shape index (κ2) is 8.13. The van der Waals surface area contributed by atoms with Gasteiger partial charge in [-0.3, -0.25) is 14.6 Å². The Kier molecular flexibility index (Phi) is 5.90. The SMILES string of the molecule is Cc1ccccc1CN1CCN(CC(=O)N2CCCCC2C)CC1. The van der Waals surface area contributed by atoms with Crippen LogP contribution in [0.4, 0.5) is 0 Å². The Balaban J connectivity index is 1.45. The van der Waals surface area contributed by atoms with E-state index < -0.39 is 0 Å². The van der Waals surface area contributed by atoms with Crippen molar-refractivity contribution in [3.63, 3.8) is 0 Å². The number of carbonyl (C=O) groups excluding carboxylic acids is 1. The normalized spacial score (nSPS) is 23.4. The van der Waals surface area contributed by atoms with Crippen LogP contribution in [0.2, 0.25) is 0 Å². The second-order valence-corrected chi connectivity index (χ2v) is 7.41. The van der Waals surface area contributed by atoms with Gasteiger partial charge in [0.2, 0.25) is 5.91 Å². The van der Waals surface area contributed by atoms with E-state index in [1.54, 1.807) is 0 Å². The number of piperidine rings is 1. The summed E-state index contributed by atoms with van der Waals surface area (Å²) in [5.74, 6) is 0.328. The van der Waals surface area contributed by atoms with Crippen LogP contribution in [-0.4, -0.2) is 65.9 Å². The van der Waals surface area contributed by atoms with Crippen molar-refractivity contribution in [3.8, 4) is 0 Å². The van der Waals surface area contributed by atoms with Crippen LogP contribution in [0.15, 0.2) is 24.3 Å². The zero-order valence-corrected chi connectivity index (χ0v) is 15.2. The molecule has 0 aliphatic carbocycles. The van der Waals surface area contributed by atoms with Crippen molar-refractivity contribution in [1.29, 1.82) is 0 Å². The van der Waals surface area contributed by atoms with Gasteiger partial charge in [0.15, 0.2) is 0 Å². The Labute approximate surface area is 146 Å². The number of rotatable bonds is 4. The maximum atomic E-state index is 12.6. The predicted molar refractivity (Wildman–Crippen MR) is 97.9 cm³/mol. The number of amides is 1. The van der Waals surface area contributed by atoms with Crippen LogP contribution in [-0.2, 0) is 11.3 Å². The molecule has 1 unspecified atom stereocenters. The lowest BCUT2D eigenvalue weighted by atomic mass is 10.0. The maximum Gasteiger partial charge on any atom is 0.236 e. The Morgan fingerprint density at radius 3 is 2.46 bits per heavy atom. The average Bonchev–Trinajstić information content (AvgIpc) is 2.59. The van der Waals surface area contributed by atoms with Gasteiger partial charge in [-0.25, -0.2) is 0 Å². The van der Waals surface area contributed by atoms with Gasteiger partial charge in [-0.05, 0) is 44.2 Å². The third-order valence-corrected chi connectivity index (χ3v) is 5.60. The molecule has 1 atom stereocenters. The molecular weight excluding hydrogens is 298 g/mol. The van der Waals surface area contributed by atoms with E-state index in [2.05, 4.69) is 52.8 Å². The third-order valence-electron chi connectivity index (χ3n) is 5.60. The lowest BCUT2D eigenvalue weighted by molar-refractivity contribution is -0.136. The van der Waals surface area contributed by atoms with E-state index in [0.717, 1.165) is 45.7 Å². The number of nitrogens with zero attached hydrogens (tertiary/aromatic N) is 3. The van der Waals surface area contributed by atoms with Crippen molar-refractivity contribution < 1.29 is 4.79 Å². The monoisotopic (exact) mass is 329 g/mol. The molecule has 3 rings (SSSR count). The van der Waals surface area contributed by atoms with E-state index in [-0.39, 0.29) is 0 Å². The van der Waals surface area contributed by atoms with E-state index in [9.17, 15) is 4.79 Å². The molecule has 24 heavy (non-hydrogen) atoms. The first-order chi connectivity index (χ1) is 11.6. The first-order valence-corrected chi connectivity index (χ1v) is 9.42. The van der Waals surface area contributed by atoms with Crippen molar-refractivity contribution in [3.05, 3.63) is 35.4 Å². The fraction of sp³-hybridized carbons (Fsp3) is 0.650. The minimum Gasteiger partial charge on any atom is -0.339 e. The lowest BCUT2D eigenvalue weighted by Crippen LogP contribution is -2.51. The molecule has 4 nitrogen and oxygen atoms in total. The topological polar surface area (TPSA) is 26.8 Å². The number of hydrogen-bond acceptors (Lipinski definition) is 3. The summed E-state index contributed by atoms with van der Waals surface area (Å²) in [6.07, 6.45) is 3.60. The minimum atomic E-state index is 0.328. The number of likely N-dealkylation sites (tertiary alicyclic amines) is 1. The summed E-state index contributed by atoms with van der Waals surface area (Å²) in [5.41, 5.74) is 2.79. The largest absolute Gasteiger partial charge is 0.339 e. The van der Waals surface area contributed by atoms with E-state index >= 15 is 0 Å². The number of carbonyl (C=O) groups is 1. The van der Waals surface area contributed by atoms with E-state index in [1.807, 2.05) is 0 Å². The van der Waals surface area contributed by atoms with Gasteiger partial charge in [-0.1, -0.05) is 24.3 Å². The molecule has 0 spiro atoms. The molecule has 2 aliphatic heterocycles. The molecule has 2 saturated heterocycles. The summed E-state index contributed by atoms with van der Waals surface area (Å²) in [4.78, 5) is 19.5. The minimum absolute atomic E-state index is 0.328. The maximum absolute atomic E-state index is 12.6. The van der Waals surface area contributed by atoms with Gasteiger partial charge in [0.05, 0.1) is 6.54 Å². The molecular formula is C20H31N3O. The summed E-state index contributed by atoms with van der Waals surface area (Å²) in [7, 11) is 0. The van der Waals surface area contributed by atoms with Crippen LogP contribution in [0.3, 0.4) is 0 Å². The molecule has 0 aromatic heterocycles. The van der Waals surface area contributed by atoms with E-state index in [1.165, 1.54) is 24.0 Å². The smallest absolute Gasteiger partial charge is 0.236 e. The summed E-state index contributed by atoms with van der Waals surface area (Å²) < 4.78 is 0. The molecule has 1 aromatic carbocycles. The first kappa shape index (κ1) is 17.4. The molecule has 132 valence electrons. The van der Waals surface area contributed by atoms with Gasteiger partial charge in [-0.15, -0.1) is 0 Å². The van der Waals surface area contributed by atoms with Gasteiger partial charge in [-0.2, -0.15) is 0 Å². The van der Waals surface area contributed by atoms with Gasteiger partial charge in [0, 0.05) is 45.3 Å². The van der Waals surface area contributed by atoms with Crippen molar-refractivity contribution in [2.75, 3.05) is 39.3 Å². The van der Waals surface area contributed by atoms with Gasteiger partial charge < -0.3 is 4.90 Å². The summed E-state index contributed by atoms with van der Waals surface area (Å²) in [5, 5.41) is 0. The fourth-order valence-electron chi connectivity index (χ4n) is 3.88. The van der Waals surface area contributed by atoms with Gasteiger partial charge >= 0.3 is 0 Å². The molecule has 4 heteroatoms. The van der Waals surface area contributed by atoms with E-state index in [0.29, 0.717) is 18.5 Å². The Morgan fingerprint density at radius 1 is 1.04 bits per heavy atom. The zero-order valence-electron chi connectivity index (χ0n) is 15.2. The summed E-state index contributed by atoms with van der Waals surface area (Å²) in [6, 6.07) is 9.06. The highest BCUT2D eigenvalue weighted by atomic mass is 16.2. The highest BCUT2D eigenvalue weighted by molar-refractivity contribution is 5.78. The Bertz CT molecular complexity index is 552. The molecule has 2 fully saturated rings. The van der Waals surface area contributed by atoms with Gasteiger partial charge in [0.1, 0.15) is 0 Å². The average molecular weight is 329 g/mol. The standard InChI is InChI=1S/C20H31N3O/c1-17-7-3-4-9-19(17)15-21-11-13-22(14-12-21)16-20(24)23-10-6-5-8-18(23)2/h3-4,7,9,18H,5-6,8,10-16H2,1-2H3. The molecule has 0 saturated carbocycles. The first-order valence-electron chi connectivity index (χ1n) is 9.42. The van der Waals surface area contributed by atoms with Crippen molar-refractivity contribution in [2.45, 2.75) is 45.7 Å². The van der Waals surface area contributed by atoms with E-state index in [4.69, 9.17) is 0 Å². The van der Waals surface area contributed by atoms with Crippen LogP contribution in [0, 0.1) is 6.92 Å². The summed E-state index contributed by atoms with van der Waals surface area (Å²) in [6.45, 7) is 11.1. The fourth-order valence-corrected chi connectivity index (χ4v) is 3.88. The van der Waals surface area contributed by atoms with Crippen molar-refractivity contribution in [1.82, 2.24) is 14.7 Å². The number of aryl methyl sites for hydroxylation is 1.